The van der Waals surface area contributed by atoms with Gasteiger partial charge in [0.15, 0.2) is 0 Å². The summed E-state index contributed by atoms with van der Waals surface area (Å²) in [6.45, 7) is 4.29. The van der Waals surface area contributed by atoms with E-state index in [0.29, 0.717) is 17.8 Å². The van der Waals surface area contributed by atoms with E-state index in [1.165, 1.54) is 6.07 Å². The van der Waals surface area contributed by atoms with E-state index in [2.05, 4.69) is 13.8 Å². The Labute approximate surface area is 104 Å². The number of thioether (sulfide) groups is 1. The average molecular weight is 255 g/mol. The van der Waals surface area contributed by atoms with Gasteiger partial charge < -0.3 is 4.42 Å². The number of nitrogens with zero attached hydrogens (tertiary/aromatic N) is 1. The maximum absolute atomic E-state index is 11.2. The van der Waals surface area contributed by atoms with E-state index in [0.717, 1.165) is 10.1 Å². The van der Waals surface area contributed by atoms with Crippen molar-refractivity contribution in [3.05, 3.63) is 28.6 Å². The van der Waals surface area contributed by atoms with Crippen LogP contribution in [0.25, 0.3) is 0 Å². The maximum atomic E-state index is 11.2. The minimum atomic E-state index is -0.334. The lowest BCUT2D eigenvalue weighted by Gasteiger charge is -2.26. The molecule has 1 atom stereocenters. The first-order chi connectivity index (χ1) is 7.59. The van der Waals surface area contributed by atoms with E-state index in [9.17, 15) is 4.79 Å². The van der Waals surface area contributed by atoms with Gasteiger partial charge in [-0.1, -0.05) is 37.8 Å². The summed E-state index contributed by atoms with van der Waals surface area (Å²) < 4.78 is 5.97. The SMILES string of the molecule is CC(C)C1CSC(=S)N1c1cccc(=O)o1. The van der Waals surface area contributed by atoms with Crippen molar-refractivity contribution >= 4 is 34.2 Å². The minimum Gasteiger partial charge on any atom is -0.406 e. The highest BCUT2D eigenvalue weighted by Gasteiger charge is 2.33. The van der Waals surface area contributed by atoms with Crippen molar-refractivity contribution in [3.63, 3.8) is 0 Å². The highest BCUT2D eigenvalue weighted by atomic mass is 32.2. The second-order valence-corrected chi connectivity index (χ2v) is 5.70. The number of anilines is 1. The molecule has 1 fully saturated rings. The molecule has 1 aliphatic heterocycles. The fourth-order valence-electron chi connectivity index (χ4n) is 1.69. The standard InChI is InChI=1S/C11H13NO2S2/c1-7(2)8-6-16-11(15)12(8)9-4-3-5-10(13)14-9/h3-5,7-8H,6H2,1-2H3. The summed E-state index contributed by atoms with van der Waals surface area (Å²) in [5, 5.41) is 0. The third kappa shape index (κ3) is 2.15. The molecular formula is C11H13NO2S2. The zero-order valence-corrected chi connectivity index (χ0v) is 10.8. The molecule has 2 rings (SSSR count). The molecule has 0 aliphatic carbocycles. The van der Waals surface area contributed by atoms with Crippen molar-refractivity contribution in [1.82, 2.24) is 0 Å². The van der Waals surface area contributed by atoms with Crippen LogP contribution in [0.1, 0.15) is 13.8 Å². The van der Waals surface area contributed by atoms with Crippen LogP contribution in [0.5, 0.6) is 0 Å². The van der Waals surface area contributed by atoms with Gasteiger partial charge in [0.1, 0.15) is 4.32 Å². The molecule has 1 aromatic rings. The molecule has 5 heteroatoms. The number of hydrogen-bond acceptors (Lipinski definition) is 4. The second kappa shape index (κ2) is 4.59. The van der Waals surface area contributed by atoms with Crippen LogP contribution in [0.3, 0.4) is 0 Å². The molecule has 1 aliphatic rings. The summed E-state index contributed by atoms with van der Waals surface area (Å²) in [5.74, 6) is 1.98. The topological polar surface area (TPSA) is 33.5 Å². The Bertz CT molecular complexity index is 455. The molecule has 0 amide bonds. The highest BCUT2D eigenvalue weighted by Crippen LogP contribution is 2.32. The highest BCUT2D eigenvalue weighted by molar-refractivity contribution is 8.23. The quantitative estimate of drug-likeness (QED) is 0.758. The third-order valence-corrected chi connectivity index (χ3v) is 4.09. The van der Waals surface area contributed by atoms with Gasteiger partial charge in [-0.15, -0.1) is 0 Å². The smallest absolute Gasteiger partial charge is 0.337 e. The molecule has 0 aromatic carbocycles. The van der Waals surface area contributed by atoms with E-state index in [1.54, 1.807) is 23.9 Å². The molecule has 0 spiro atoms. The van der Waals surface area contributed by atoms with Gasteiger partial charge >= 0.3 is 5.63 Å². The van der Waals surface area contributed by atoms with Gasteiger partial charge in [0, 0.05) is 11.8 Å². The lowest BCUT2D eigenvalue weighted by molar-refractivity contribution is 0.470. The Kier molecular flexibility index (Phi) is 3.35. The molecule has 16 heavy (non-hydrogen) atoms. The molecule has 3 nitrogen and oxygen atoms in total. The second-order valence-electron chi connectivity index (χ2n) is 4.04. The molecule has 0 saturated carbocycles. The first-order valence-corrected chi connectivity index (χ1v) is 6.55. The third-order valence-electron chi connectivity index (χ3n) is 2.59. The van der Waals surface area contributed by atoms with Gasteiger partial charge in [0.2, 0.25) is 5.88 Å². The molecule has 1 saturated heterocycles. The molecule has 2 heterocycles. The average Bonchev–Trinajstić information content (AvgIpc) is 2.60. The molecular weight excluding hydrogens is 242 g/mol. The van der Waals surface area contributed by atoms with Crippen molar-refractivity contribution in [2.45, 2.75) is 19.9 Å². The lowest BCUT2D eigenvalue weighted by Crippen LogP contribution is -2.37. The molecule has 0 N–H and O–H groups in total. The summed E-state index contributed by atoms with van der Waals surface area (Å²) in [6.07, 6.45) is 0. The minimum absolute atomic E-state index is 0.308. The first-order valence-electron chi connectivity index (χ1n) is 5.16. The number of thiocarbonyl (C=S) groups is 1. The molecule has 1 aromatic heterocycles. The summed E-state index contributed by atoms with van der Waals surface area (Å²) in [5.41, 5.74) is -0.334. The van der Waals surface area contributed by atoms with Gasteiger partial charge in [0.05, 0.1) is 6.04 Å². The molecule has 0 bridgehead atoms. The monoisotopic (exact) mass is 255 g/mol. The Balaban J connectivity index is 2.37. The van der Waals surface area contributed by atoms with Gasteiger partial charge in [-0.25, -0.2) is 4.79 Å². The fraction of sp³-hybridized carbons (Fsp3) is 0.455. The zero-order valence-electron chi connectivity index (χ0n) is 9.17. The van der Waals surface area contributed by atoms with E-state index >= 15 is 0 Å². The summed E-state index contributed by atoms with van der Waals surface area (Å²) in [4.78, 5) is 13.1. The van der Waals surface area contributed by atoms with Crippen LogP contribution in [0.4, 0.5) is 5.88 Å². The Hall–Kier alpha value is -0.810. The van der Waals surface area contributed by atoms with E-state index in [4.69, 9.17) is 16.6 Å². The van der Waals surface area contributed by atoms with E-state index < -0.39 is 0 Å². The summed E-state index contributed by atoms with van der Waals surface area (Å²) >= 11 is 6.93. The Morgan fingerprint density at radius 3 is 2.94 bits per heavy atom. The molecule has 1 unspecified atom stereocenters. The van der Waals surface area contributed by atoms with Gasteiger partial charge in [-0.3, -0.25) is 4.90 Å². The van der Waals surface area contributed by atoms with Crippen molar-refractivity contribution in [2.24, 2.45) is 5.92 Å². The Morgan fingerprint density at radius 2 is 2.31 bits per heavy atom. The van der Waals surface area contributed by atoms with Crippen LogP contribution in [0.15, 0.2) is 27.4 Å². The van der Waals surface area contributed by atoms with Gasteiger partial charge in [0.25, 0.3) is 0 Å². The van der Waals surface area contributed by atoms with E-state index in [1.807, 2.05) is 4.90 Å². The van der Waals surface area contributed by atoms with Crippen molar-refractivity contribution in [2.75, 3.05) is 10.7 Å². The summed E-state index contributed by atoms with van der Waals surface area (Å²) in [6, 6.07) is 5.20. The van der Waals surface area contributed by atoms with Crippen LogP contribution < -0.4 is 10.5 Å². The predicted molar refractivity (Wildman–Crippen MR) is 71.1 cm³/mol. The predicted octanol–water partition coefficient (Wildman–Crippen LogP) is 2.50. The fourth-order valence-corrected chi connectivity index (χ4v) is 3.33. The van der Waals surface area contributed by atoms with Crippen molar-refractivity contribution in [1.29, 1.82) is 0 Å². The molecule has 86 valence electrons. The van der Waals surface area contributed by atoms with Crippen LogP contribution >= 0.6 is 24.0 Å². The lowest BCUT2D eigenvalue weighted by atomic mass is 10.1. The Morgan fingerprint density at radius 1 is 1.56 bits per heavy atom. The zero-order chi connectivity index (χ0) is 11.7. The van der Waals surface area contributed by atoms with Crippen LogP contribution in [0, 0.1) is 5.92 Å². The number of rotatable bonds is 2. The van der Waals surface area contributed by atoms with Crippen LogP contribution in [-0.2, 0) is 0 Å². The largest absolute Gasteiger partial charge is 0.406 e. The van der Waals surface area contributed by atoms with E-state index in [-0.39, 0.29) is 5.63 Å². The normalized spacial score (nSPS) is 20.8. The van der Waals surface area contributed by atoms with Crippen LogP contribution in [0.2, 0.25) is 0 Å². The van der Waals surface area contributed by atoms with Crippen molar-refractivity contribution < 1.29 is 4.42 Å². The number of hydrogen-bond donors (Lipinski definition) is 0. The maximum Gasteiger partial charge on any atom is 0.337 e. The summed E-state index contributed by atoms with van der Waals surface area (Å²) in [7, 11) is 0. The molecule has 0 radical (unpaired) electrons. The van der Waals surface area contributed by atoms with Gasteiger partial charge in [-0.05, 0) is 18.1 Å². The van der Waals surface area contributed by atoms with Crippen molar-refractivity contribution in [3.8, 4) is 0 Å². The first kappa shape index (κ1) is 11.7. The van der Waals surface area contributed by atoms with Gasteiger partial charge in [-0.2, -0.15) is 0 Å². The van der Waals surface area contributed by atoms with Crippen LogP contribution in [-0.4, -0.2) is 16.1 Å².